The van der Waals surface area contributed by atoms with Gasteiger partial charge >= 0.3 is 57.4 Å². The monoisotopic (exact) mass is 451 g/mol. The van der Waals surface area contributed by atoms with E-state index >= 15 is 0 Å². The minimum Gasteiger partial charge on any atom is -0.550 e. The fourth-order valence-electron chi connectivity index (χ4n) is 3.44. The van der Waals surface area contributed by atoms with Gasteiger partial charge in [-0.3, -0.25) is 4.79 Å². The van der Waals surface area contributed by atoms with Gasteiger partial charge in [0.15, 0.2) is 0 Å². The van der Waals surface area contributed by atoms with Crippen LogP contribution < -0.4 is 61.8 Å². The van der Waals surface area contributed by atoms with Crippen molar-refractivity contribution in [1.82, 2.24) is 5.32 Å². The Hall–Kier alpha value is 0.0464. The molecule has 2 N–H and O–H groups in total. The third-order valence-electron chi connectivity index (χ3n) is 5.28. The molecule has 0 radical (unpaired) electrons. The van der Waals surface area contributed by atoms with E-state index in [1.807, 2.05) is 0 Å². The van der Waals surface area contributed by atoms with Crippen molar-refractivity contribution >= 4 is 17.8 Å². The largest absolute Gasteiger partial charge is 1.00 e. The van der Waals surface area contributed by atoms with Crippen LogP contribution in [0.2, 0.25) is 0 Å². The molecule has 1 atom stereocenters. The molecule has 0 aliphatic heterocycles. The molecular formula is C23H42KNO5. The second-order valence-electron chi connectivity index (χ2n) is 8.07. The average molecular weight is 452 g/mol. The zero-order valence-electron chi connectivity index (χ0n) is 19.4. The summed E-state index contributed by atoms with van der Waals surface area (Å²) >= 11 is 0. The molecule has 0 aromatic heterocycles. The Labute approximate surface area is 225 Å². The van der Waals surface area contributed by atoms with Crippen LogP contribution in [0.5, 0.6) is 0 Å². The molecule has 30 heavy (non-hydrogen) atoms. The summed E-state index contributed by atoms with van der Waals surface area (Å²) in [6.45, 7) is 2.25. The van der Waals surface area contributed by atoms with Gasteiger partial charge in [0.05, 0.1) is 0 Å². The van der Waals surface area contributed by atoms with Gasteiger partial charge < -0.3 is 20.3 Å². The molecule has 0 rings (SSSR count). The Morgan fingerprint density at radius 3 is 1.50 bits per heavy atom. The van der Waals surface area contributed by atoms with E-state index in [2.05, 4.69) is 12.2 Å². The van der Waals surface area contributed by atoms with E-state index in [1.54, 1.807) is 0 Å². The van der Waals surface area contributed by atoms with Gasteiger partial charge in [0.1, 0.15) is 6.04 Å². The van der Waals surface area contributed by atoms with E-state index < -0.39 is 18.0 Å². The van der Waals surface area contributed by atoms with Crippen LogP contribution in [-0.4, -0.2) is 29.0 Å². The van der Waals surface area contributed by atoms with Crippen LogP contribution in [0, 0.1) is 0 Å². The molecule has 0 aliphatic carbocycles. The number of carboxylic acids is 2. The van der Waals surface area contributed by atoms with Gasteiger partial charge in [-0.15, -0.1) is 0 Å². The zero-order valence-corrected chi connectivity index (χ0v) is 22.5. The van der Waals surface area contributed by atoms with Gasteiger partial charge in [-0.05, 0) is 19.3 Å². The molecule has 0 heterocycles. The van der Waals surface area contributed by atoms with Crippen molar-refractivity contribution in [2.75, 3.05) is 0 Å². The number of amides is 1. The molecule has 1 amide bonds. The van der Waals surface area contributed by atoms with Crippen molar-refractivity contribution in [3.63, 3.8) is 0 Å². The number of nitrogens with one attached hydrogen (secondary N) is 1. The second kappa shape index (κ2) is 23.7. The number of rotatable bonds is 21. The van der Waals surface area contributed by atoms with E-state index in [-0.39, 0.29) is 76.6 Å². The van der Waals surface area contributed by atoms with E-state index in [4.69, 9.17) is 5.11 Å². The van der Waals surface area contributed by atoms with Gasteiger partial charge in [0, 0.05) is 12.4 Å². The normalized spacial score (nSPS) is 11.5. The standard InChI is InChI=1S/C23H43NO5.K/c1-2-3-4-5-6-7-8-9-10-11-12-13-14-15-16-17-21(25)24-20(23(28)29)18-19-22(26)27;/h20H,2-19H2,1H3,(H,24,25)(H,26,27)(H,28,29);/q;+1/p-1/t20-;/m1./s1. The van der Waals surface area contributed by atoms with Crippen LogP contribution >= 0.6 is 0 Å². The molecule has 6 nitrogen and oxygen atoms in total. The molecule has 0 bridgehead atoms. The smallest absolute Gasteiger partial charge is 0.550 e. The number of hydrogen-bond acceptors (Lipinski definition) is 4. The Kier molecular flexibility index (Phi) is 25.5. The first-order valence-electron chi connectivity index (χ1n) is 11.7. The third kappa shape index (κ3) is 22.7. The molecule has 0 aromatic carbocycles. The Bertz CT molecular complexity index is 445. The first-order chi connectivity index (χ1) is 14.0. The van der Waals surface area contributed by atoms with Gasteiger partial charge in [-0.1, -0.05) is 96.8 Å². The second-order valence-corrected chi connectivity index (χ2v) is 8.07. The van der Waals surface area contributed by atoms with Gasteiger partial charge in [0.2, 0.25) is 5.91 Å². The molecule has 0 unspecified atom stereocenters. The zero-order chi connectivity index (χ0) is 21.7. The van der Waals surface area contributed by atoms with E-state index in [1.165, 1.54) is 77.0 Å². The van der Waals surface area contributed by atoms with Crippen LogP contribution in [-0.2, 0) is 14.4 Å². The quantitative estimate of drug-likeness (QED) is 0.202. The number of hydrogen-bond donors (Lipinski definition) is 2. The maximum Gasteiger partial charge on any atom is 1.00 e. The van der Waals surface area contributed by atoms with Crippen molar-refractivity contribution in [2.45, 2.75) is 129 Å². The van der Waals surface area contributed by atoms with Gasteiger partial charge in [-0.2, -0.15) is 0 Å². The Morgan fingerprint density at radius 1 is 0.733 bits per heavy atom. The predicted octanol–water partition coefficient (Wildman–Crippen LogP) is 1.35. The minimum absolute atomic E-state index is 0. The Morgan fingerprint density at radius 2 is 1.13 bits per heavy atom. The molecule has 0 spiro atoms. The maximum atomic E-state index is 11.8. The first kappa shape index (κ1) is 32.2. The van der Waals surface area contributed by atoms with Crippen molar-refractivity contribution in [3.05, 3.63) is 0 Å². The van der Waals surface area contributed by atoms with Crippen LogP contribution in [0.4, 0.5) is 0 Å². The molecule has 0 aromatic rings. The molecule has 0 aliphatic rings. The topological polar surface area (TPSA) is 107 Å². The van der Waals surface area contributed by atoms with Gasteiger partial charge in [0.25, 0.3) is 0 Å². The van der Waals surface area contributed by atoms with Crippen LogP contribution in [0.25, 0.3) is 0 Å². The summed E-state index contributed by atoms with van der Waals surface area (Å²) in [4.78, 5) is 33.3. The molecule has 7 heteroatoms. The predicted molar refractivity (Wildman–Crippen MR) is 113 cm³/mol. The number of carboxylic acid groups (broad SMARTS) is 2. The van der Waals surface area contributed by atoms with Crippen LogP contribution in [0.1, 0.15) is 122 Å². The van der Waals surface area contributed by atoms with Crippen LogP contribution in [0.3, 0.4) is 0 Å². The summed E-state index contributed by atoms with van der Waals surface area (Å²) in [5, 5.41) is 21.8. The molecule has 0 saturated carbocycles. The van der Waals surface area contributed by atoms with Crippen molar-refractivity contribution < 1.29 is 76.0 Å². The van der Waals surface area contributed by atoms with Gasteiger partial charge in [-0.25, -0.2) is 4.79 Å². The Balaban J connectivity index is 0. The first-order valence-corrected chi connectivity index (χ1v) is 11.7. The number of aliphatic carboxylic acids is 2. The molecular weight excluding hydrogens is 409 g/mol. The van der Waals surface area contributed by atoms with Crippen LogP contribution in [0.15, 0.2) is 0 Å². The average Bonchev–Trinajstić information content (AvgIpc) is 2.67. The molecule has 0 fully saturated rings. The summed E-state index contributed by atoms with van der Waals surface area (Å²) in [7, 11) is 0. The molecule has 170 valence electrons. The van der Waals surface area contributed by atoms with E-state index in [0.29, 0.717) is 0 Å². The summed E-state index contributed by atoms with van der Waals surface area (Å²) in [5.41, 5.74) is 0. The van der Waals surface area contributed by atoms with E-state index in [0.717, 1.165) is 19.3 Å². The SMILES string of the molecule is CCCCCCCCCCCCCCCCCC(=O)N[C@H](CCC(=O)[O-])C(=O)O.[K+]. The minimum atomic E-state index is -1.31. The summed E-state index contributed by atoms with van der Waals surface area (Å²) in [6, 6.07) is -1.16. The fourth-order valence-corrected chi connectivity index (χ4v) is 3.44. The summed E-state index contributed by atoms with van der Waals surface area (Å²) in [5.74, 6) is -2.85. The number of carbonyl (C=O) groups excluding carboxylic acids is 2. The molecule has 0 saturated heterocycles. The van der Waals surface area contributed by atoms with Crippen molar-refractivity contribution in [1.29, 1.82) is 0 Å². The summed E-state index contributed by atoms with van der Waals surface area (Å²) < 4.78 is 0. The van der Waals surface area contributed by atoms with Crippen molar-refractivity contribution in [3.8, 4) is 0 Å². The maximum absolute atomic E-state index is 11.8. The summed E-state index contributed by atoms with van der Waals surface area (Å²) in [6.07, 6.45) is 18.5. The fraction of sp³-hybridized carbons (Fsp3) is 0.870. The number of unbranched alkanes of at least 4 members (excludes halogenated alkanes) is 14. The number of carbonyl (C=O) groups is 3. The van der Waals surface area contributed by atoms with E-state index in [9.17, 15) is 19.5 Å². The third-order valence-corrected chi connectivity index (χ3v) is 5.28. The van der Waals surface area contributed by atoms with Crippen molar-refractivity contribution in [2.24, 2.45) is 0 Å².